The third-order valence-corrected chi connectivity index (χ3v) is 2.32. The molecule has 3 nitrogen and oxygen atoms in total. The Morgan fingerprint density at radius 1 is 1.33 bits per heavy atom. The lowest BCUT2D eigenvalue weighted by Crippen LogP contribution is -2.11. The molecule has 1 heterocycles. The third kappa shape index (κ3) is 1.79. The van der Waals surface area contributed by atoms with E-state index in [0.29, 0.717) is 11.4 Å². The number of nitrogens with one attached hydrogen (secondary N) is 1. The number of rotatable bonds is 2. The van der Waals surface area contributed by atoms with Gasteiger partial charge in [0.1, 0.15) is 5.82 Å². The highest BCUT2D eigenvalue weighted by atomic mass is 19.1. The summed E-state index contributed by atoms with van der Waals surface area (Å²) in [6, 6.07) is 6.23. The van der Waals surface area contributed by atoms with E-state index in [4.69, 9.17) is 5.73 Å². The van der Waals surface area contributed by atoms with Crippen molar-refractivity contribution in [2.24, 2.45) is 0 Å². The lowest BCUT2D eigenvalue weighted by Gasteiger charge is -2.19. The zero-order valence-electron chi connectivity index (χ0n) is 8.37. The topological polar surface area (TPSA) is 45.0 Å². The highest BCUT2D eigenvalue weighted by molar-refractivity contribution is 5.73. The van der Waals surface area contributed by atoms with Crippen molar-refractivity contribution in [3.63, 3.8) is 0 Å². The normalized spacial score (nSPS) is 10.3. The minimum Gasteiger partial charge on any atom is -0.397 e. The van der Waals surface area contributed by atoms with E-state index in [9.17, 15) is 4.39 Å². The number of nitrogens with two attached hydrogens (primary N) is 1. The first-order valence-electron chi connectivity index (χ1n) is 4.60. The van der Waals surface area contributed by atoms with Gasteiger partial charge in [-0.05, 0) is 24.3 Å². The van der Waals surface area contributed by atoms with E-state index >= 15 is 0 Å². The van der Waals surface area contributed by atoms with Crippen molar-refractivity contribution in [3.8, 4) is 0 Å². The van der Waals surface area contributed by atoms with Crippen molar-refractivity contribution in [2.45, 2.75) is 0 Å². The van der Waals surface area contributed by atoms with Gasteiger partial charge < -0.3 is 15.6 Å². The van der Waals surface area contributed by atoms with E-state index < -0.39 is 0 Å². The van der Waals surface area contributed by atoms with Crippen LogP contribution in [0.5, 0.6) is 0 Å². The standard InChI is InChI=1S/C11H12FN3/c1-15(9-4-5-14-7-9)11-6-8(12)2-3-10(11)13/h2-7,14H,13H2,1H3. The maximum absolute atomic E-state index is 13.1. The summed E-state index contributed by atoms with van der Waals surface area (Å²) in [6.07, 6.45) is 3.63. The Morgan fingerprint density at radius 2 is 2.13 bits per heavy atom. The number of anilines is 3. The molecule has 2 aromatic rings. The van der Waals surface area contributed by atoms with Gasteiger partial charge in [0, 0.05) is 19.4 Å². The third-order valence-electron chi connectivity index (χ3n) is 2.32. The maximum Gasteiger partial charge on any atom is 0.125 e. The molecule has 0 fully saturated rings. The fourth-order valence-corrected chi connectivity index (χ4v) is 1.47. The van der Waals surface area contributed by atoms with Gasteiger partial charge in [0.25, 0.3) is 0 Å². The van der Waals surface area contributed by atoms with Crippen molar-refractivity contribution in [1.29, 1.82) is 0 Å². The first-order chi connectivity index (χ1) is 7.18. The van der Waals surface area contributed by atoms with Gasteiger partial charge in [-0.1, -0.05) is 0 Å². The van der Waals surface area contributed by atoms with Crippen LogP contribution in [0.15, 0.2) is 36.7 Å². The van der Waals surface area contributed by atoms with Gasteiger partial charge in [0.05, 0.1) is 17.1 Å². The van der Waals surface area contributed by atoms with E-state index in [-0.39, 0.29) is 5.82 Å². The predicted octanol–water partition coefficient (Wildman–Crippen LogP) is 2.50. The second-order valence-corrected chi connectivity index (χ2v) is 3.33. The second kappa shape index (κ2) is 3.65. The number of nitrogen functional groups attached to an aromatic ring is 1. The van der Waals surface area contributed by atoms with Crippen molar-refractivity contribution >= 4 is 17.1 Å². The lowest BCUT2D eigenvalue weighted by atomic mass is 10.2. The largest absolute Gasteiger partial charge is 0.397 e. The van der Waals surface area contributed by atoms with Crippen molar-refractivity contribution in [1.82, 2.24) is 4.98 Å². The first kappa shape index (κ1) is 9.58. The Labute approximate surface area is 87.3 Å². The minimum absolute atomic E-state index is 0.290. The molecule has 0 spiro atoms. The van der Waals surface area contributed by atoms with Crippen LogP contribution >= 0.6 is 0 Å². The SMILES string of the molecule is CN(c1cc[nH]c1)c1cc(F)ccc1N. The summed E-state index contributed by atoms with van der Waals surface area (Å²) in [5.41, 5.74) is 7.93. The molecule has 0 atom stereocenters. The summed E-state index contributed by atoms with van der Waals surface area (Å²) in [6.45, 7) is 0. The summed E-state index contributed by atoms with van der Waals surface area (Å²) in [7, 11) is 1.84. The number of halogens is 1. The van der Waals surface area contributed by atoms with Crippen LogP contribution in [0.2, 0.25) is 0 Å². The molecular weight excluding hydrogens is 193 g/mol. The number of nitrogens with zero attached hydrogens (tertiary/aromatic N) is 1. The van der Waals surface area contributed by atoms with Crippen LogP contribution in [0.1, 0.15) is 0 Å². The van der Waals surface area contributed by atoms with Gasteiger partial charge in [-0.3, -0.25) is 0 Å². The number of H-pyrrole nitrogens is 1. The monoisotopic (exact) mass is 205 g/mol. The molecule has 1 aromatic carbocycles. The molecular formula is C11H12FN3. The molecule has 0 saturated carbocycles. The van der Waals surface area contributed by atoms with Gasteiger partial charge in [-0.15, -0.1) is 0 Å². The van der Waals surface area contributed by atoms with Crippen molar-refractivity contribution < 1.29 is 4.39 Å². The van der Waals surface area contributed by atoms with E-state index in [1.165, 1.54) is 12.1 Å². The Bertz CT molecular complexity index is 451. The van der Waals surface area contributed by atoms with Crippen LogP contribution in [0.3, 0.4) is 0 Å². The summed E-state index contributed by atoms with van der Waals surface area (Å²) in [5.74, 6) is -0.290. The number of hydrogen-bond acceptors (Lipinski definition) is 2. The zero-order chi connectivity index (χ0) is 10.8. The van der Waals surface area contributed by atoms with Crippen LogP contribution < -0.4 is 10.6 Å². The molecule has 0 aliphatic rings. The number of aromatic nitrogens is 1. The number of aromatic amines is 1. The predicted molar refractivity (Wildman–Crippen MR) is 59.7 cm³/mol. The van der Waals surface area contributed by atoms with Crippen LogP contribution in [0.4, 0.5) is 21.5 Å². The van der Waals surface area contributed by atoms with Crippen molar-refractivity contribution in [2.75, 3.05) is 17.7 Å². The van der Waals surface area contributed by atoms with Gasteiger partial charge in [-0.2, -0.15) is 0 Å². The average Bonchev–Trinajstić information content (AvgIpc) is 2.74. The molecule has 0 unspecified atom stereocenters. The molecule has 0 amide bonds. The van der Waals surface area contributed by atoms with E-state index in [0.717, 1.165) is 5.69 Å². The van der Waals surface area contributed by atoms with Gasteiger partial charge in [0.2, 0.25) is 0 Å². The van der Waals surface area contributed by atoms with Gasteiger partial charge >= 0.3 is 0 Å². The Morgan fingerprint density at radius 3 is 2.80 bits per heavy atom. The van der Waals surface area contributed by atoms with Crippen molar-refractivity contribution in [3.05, 3.63) is 42.5 Å². The quantitative estimate of drug-likeness (QED) is 0.740. The molecule has 0 aliphatic carbocycles. The molecule has 1 aromatic heterocycles. The number of benzene rings is 1. The van der Waals surface area contributed by atoms with Gasteiger partial charge in [0.15, 0.2) is 0 Å². The van der Waals surface area contributed by atoms with Gasteiger partial charge in [-0.25, -0.2) is 4.39 Å². The summed E-state index contributed by atoms with van der Waals surface area (Å²) < 4.78 is 13.1. The molecule has 3 N–H and O–H groups in total. The fourth-order valence-electron chi connectivity index (χ4n) is 1.47. The molecule has 4 heteroatoms. The highest BCUT2D eigenvalue weighted by Gasteiger charge is 2.08. The van der Waals surface area contributed by atoms with E-state index in [2.05, 4.69) is 4.98 Å². The molecule has 0 aliphatic heterocycles. The molecule has 15 heavy (non-hydrogen) atoms. The van der Waals surface area contributed by atoms with Crippen LogP contribution in [0, 0.1) is 5.82 Å². The molecule has 0 bridgehead atoms. The lowest BCUT2D eigenvalue weighted by molar-refractivity contribution is 0.628. The van der Waals surface area contributed by atoms with E-state index in [1.807, 2.05) is 24.2 Å². The van der Waals surface area contributed by atoms with Crippen LogP contribution in [0.25, 0.3) is 0 Å². The summed E-state index contributed by atoms with van der Waals surface area (Å²) in [4.78, 5) is 4.77. The zero-order valence-corrected chi connectivity index (χ0v) is 8.37. The Kier molecular flexibility index (Phi) is 2.33. The first-order valence-corrected chi connectivity index (χ1v) is 4.60. The molecule has 0 radical (unpaired) electrons. The smallest absolute Gasteiger partial charge is 0.125 e. The second-order valence-electron chi connectivity index (χ2n) is 3.33. The summed E-state index contributed by atoms with van der Waals surface area (Å²) >= 11 is 0. The highest BCUT2D eigenvalue weighted by Crippen LogP contribution is 2.28. The Balaban J connectivity index is 2.41. The summed E-state index contributed by atoms with van der Waals surface area (Å²) in [5, 5.41) is 0. The number of hydrogen-bond donors (Lipinski definition) is 2. The Hall–Kier alpha value is -1.97. The van der Waals surface area contributed by atoms with E-state index in [1.54, 1.807) is 12.3 Å². The molecule has 2 rings (SSSR count). The van der Waals surface area contributed by atoms with Crippen LogP contribution in [-0.2, 0) is 0 Å². The van der Waals surface area contributed by atoms with Crippen LogP contribution in [-0.4, -0.2) is 12.0 Å². The fraction of sp³-hybridized carbons (Fsp3) is 0.0909. The minimum atomic E-state index is -0.290. The maximum atomic E-state index is 13.1. The molecule has 78 valence electrons. The average molecular weight is 205 g/mol. The molecule has 0 saturated heterocycles.